The third-order valence-electron chi connectivity index (χ3n) is 2.41. The zero-order valence-corrected chi connectivity index (χ0v) is 9.57. The first-order valence-corrected chi connectivity index (χ1v) is 5.13. The molecule has 0 atom stereocenters. The molecule has 1 aromatic carbocycles. The molecule has 1 aliphatic heterocycles. The number of hydrogen-bond acceptors (Lipinski definition) is 3. The van der Waals surface area contributed by atoms with E-state index in [1.165, 1.54) is 5.56 Å². The van der Waals surface area contributed by atoms with E-state index in [9.17, 15) is 4.79 Å². The molecule has 1 amide bonds. The van der Waals surface area contributed by atoms with Crippen molar-refractivity contribution in [1.82, 2.24) is 5.32 Å². The van der Waals surface area contributed by atoms with Gasteiger partial charge in [-0.1, -0.05) is 17.7 Å². The van der Waals surface area contributed by atoms with Crippen LogP contribution in [0.1, 0.15) is 19.4 Å². The number of cyclic esters (lactones) is 1. The van der Waals surface area contributed by atoms with Crippen molar-refractivity contribution in [3.63, 3.8) is 0 Å². The van der Waals surface area contributed by atoms with Gasteiger partial charge in [0, 0.05) is 0 Å². The number of nitrogens with one attached hydrogen (secondary N) is 1. The first-order chi connectivity index (χ1) is 7.47. The summed E-state index contributed by atoms with van der Waals surface area (Å²) < 4.78 is 5.08. The maximum Gasteiger partial charge on any atom is 0.413 e. The van der Waals surface area contributed by atoms with Crippen LogP contribution in [-0.4, -0.2) is 17.5 Å². The molecule has 0 aromatic heterocycles. The van der Waals surface area contributed by atoms with Crippen LogP contribution in [0.25, 0.3) is 0 Å². The van der Waals surface area contributed by atoms with Gasteiger partial charge in [-0.25, -0.2) is 9.79 Å². The number of hydrogen-bond donors (Lipinski definition) is 1. The highest BCUT2D eigenvalue weighted by Gasteiger charge is 2.37. The van der Waals surface area contributed by atoms with Crippen LogP contribution in [0.2, 0.25) is 0 Å². The molecule has 2 rings (SSSR count). The molecule has 0 unspecified atom stereocenters. The minimum absolute atomic E-state index is 0.448. The first-order valence-electron chi connectivity index (χ1n) is 5.13. The second kappa shape index (κ2) is 3.63. The van der Waals surface area contributed by atoms with Gasteiger partial charge in [0.25, 0.3) is 0 Å². The van der Waals surface area contributed by atoms with Crippen LogP contribution in [0.5, 0.6) is 0 Å². The van der Waals surface area contributed by atoms with Crippen LogP contribution in [0, 0.1) is 6.92 Å². The molecular formula is C12H14N2O2. The summed E-state index contributed by atoms with van der Waals surface area (Å²) in [6.07, 6.45) is -0.448. The molecule has 4 nitrogen and oxygen atoms in total. The number of carbonyl (C=O) groups excluding carboxylic acids is 1. The molecule has 0 aliphatic carbocycles. The van der Waals surface area contributed by atoms with Gasteiger partial charge < -0.3 is 4.74 Å². The SMILES string of the molecule is Cc1ccc(N=C2NC(=O)OC2(C)C)cc1. The van der Waals surface area contributed by atoms with Crippen molar-refractivity contribution in [3.8, 4) is 0 Å². The second-order valence-electron chi connectivity index (χ2n) is 4.32. The lowest BCUT2D eigenvalue weighted by Gasteiger charge is -2.14. The Morgan fingerprint density at radius 3 is 2.38 bits per heavy atom. The summed E-state index contributed by atoms with van der Waals surface area (Å²) in [5.74, 6) is 0.543. The molecule has 1 fully saturated rings. The number of aryl methyl sites for hydroxylation is 1. The van der Waals surface area contributed by atoms with Crippen molar-refractivity contribution in [2.45, 2.75) is 26.4 Å². The van der Waals surface area contributed by atoms with Crippen molar-refractivity contribution in [2.75, 3.05) is 0 Å². The molecule has 1 aliphatic rings. The number of carbonyl (C=O) groups is 1. The topological polar surface area (TPSA) is 50.7 Å². The van der Waals surface area contributed by atoms with E-state index in [1.807, 2.05) is 31.2 Å². The highest BCUT2D eigenvalue weighted by molar-refractivity contribution is 6.06. The lowest BCUT2D eigenvalue weighted by molar-refractivity contribution is 0.109. The van der Waals surface area contributed by atoms with Crippen LogP contribution >= 0.6 is 0 Å². The fourth-order valence-corrected chi connectivity index (χ4v) is 1.46. The Hall–Kier alpha value is -1.84. The molecule has 1 N–H and O–H groups in total. The van der Waals surface area contributed by atoms with Crippen LogP contribution < -0.4 is 5.32 Å². The third-order valence-corrected chi connectivity index (χ3v) is 2.41. The molecule has 0 bridgehead atoms. The van der Waals surface area contributed by atoms with Gasteiger partial charge in [0.05, 0.1) is 5.69 Å². The largest absolute Gasteiger partial charge is 0.435 e. The summed E-state index contributed by atoms with van der Waals surface area (Å²) in [6.45, 7) is 5.62. The predicted octanol–water partition coefficient (Wildman–Crippen LogP) is 2.54. The maximum atomic E-state index is 11.1. The quantitative estimate of drug-likeness (QED) is 0.787. The lowest BCUT2D eigenvalue weighted by Crippen LogP contribution is -2.32. The van der Waals surface area contributed by atoms with Gasteiger partial charge in [-0.3, -0.25) is 5.32 Å². The molecule has 4 heteroatoms. The highest BCUT2D eigenvalue weighted by atomic mass is 16.6. The minimum atomic E-state index is -0.679. The van der Waals surface area contributed by atoms with Crippen molar-refractivity contribution >= 4 is 17.6 Å². The Kier molecular flexibility index (Phi) is 2.42. The molecule has 0 spiro atoms. The summed E-state index contributed by atoms with van der Waals surface area (Å²) >= 11 is 0. The Morgan fingerprint density at radius 1 is 1.25 bits per heavy atom. The predicted molar refractivity (Wildman–Crippen MR) is 62.0 cm³/mol. The van der Waals surface area contributed by atoms with E-state index >= 15 is 0 Å². The number of alkyl carbamates (subject to hydrolysis) is 1. The average molecular weight is 218 g/mol. The molecular weight excluding hydrogens is 204 g/mol. The van der Waals surface area contributed by atoms with Crippen molar-refractivity contribution in [3.05, 3.63) is 29.8 Å². The molecule has 16 heavy (non-hydrogen) atoms. The fraction of sp³-hybridized carbons (Fsp3) is 0.333. The van der Waals surface area contributed by atoms with Gasteiger partial charge in [-0.05, 0) is 32.9 Å². The van der Waals surface area contributed by atoms with Crippen molar-refractivity contribution in [1.29, 1.82) is 0 Å². The monoisotopic (exact) mass is 218 g/mol. The number of benzene rings is 1. The van der Waals surface area contributed by atoms with E-state index < -0.39 is 11.7 Å². The van der Waals surface area contributed by atoms with E-state index in [0.29, 0.717) is 5.84 Å². The number of amides is 1. The van der Waals surface area contributed by atoms with E-state index in [1.54, 1.807) is 13.8 Å². The van der Waals surface area contributed by atoms with Crippen LogP contribution in [0.4, 0.5) is 10.5 Å². The Morgan fingerprint density at radius 2 is 1.88 bits per heavy atom. The van der Waals surface area contributed by atoms with E-state index in [4.69, 9.17) is 4.74 Å². The van der Waals surface area contributed by atoms with E-state index in [2.05, 4.69) is 10.3 Å². The van der Waals surface area contributed by atoms with Gasteiger partial charge in [-0.15, -0.1) is 0 Å². The maximum absolute atomic E-state index is 11.1. The second-order valence-corrected chi connectivity index (χ2v) is 4.32. The smallest absolute Gasteiger partial charge is 0.413 e. The van der Waals surface area contributed by atoms with Crippen LogP contribution in [-0.2, 0) is 4.74 Å². The van der Waals surface area contributed by atoms with Gasteiger partial charge in [0.2, 0.25) is 0 Å². The Labute approximate surface area is 94.3 Å². The Balaban J connectivity index is 2.31. The molecule has 0 radical (unpaired) electrons. The summed E-state index contributed by atoms with van der Waals surface area (Å²) in [5, 5.41) is 2.60. The van der Waals surface area contributed by atoms with Gasteiger partial charge >= 0.3 is 6.09 Å². The molecule has 1 heterocycles. The fourth-order valence-electron chi connectivity index (χ4n) is 1.46. The lowest BCUT2D eigenvalue weighted by atomic mass is 10.1. The first kappa shape index (κ1) is 10.7. The summed E-state index contributed by atoms with van der Waals surface area (Å²) in [7, 11) is 0. The number of nitrogens with zero attached hydrogens (tertiary/aromatic N) is 1. The summed E-state index contributed by atoms with van der Waals surface area (Å²) in [6, 6.07) is 7.76. The minimum Gasteiger partial charge on any atom is -0.435 e. The summed E-state index contributed by atoms with van der Waals surface area (Å²) in [4.78, 5) is 15.5. The summed E-state index contributed by atoms with van der Waals surface area (Å²) in [5.41, 5.74) is 1.30. The van der Waals surface area contributed by atoms with Gasteiger partial charge in [-0.2, -0.15) is 0 Å². The molecule has 0 saturated carbocycles. The van der Waals surface area contributed by atoms with Crippen molar-refractivity contribution in [2.24, 2.45) is 4.99 Å². The van der Waals surface area contributed by atoms with E-state index in [-0.39, 0.29) is 0 Å². The zero-order valence-electron chi connectivity index (χ0n) is 9.57. The van der Waals surface area contributed by atoms with Crippen LogP contribution in [0.15, 0.2) is 29.3 Å². The van der Waals surface area contributed by atoms with Crippen LogP contribution in [0.3, 0.4) is 0 Å². The standard InChI is InChI=1S/C12H14N2O2/c1-8-4-6-9(7-5-8)13-10-12(2,3)16-11(15)14-10/h4-7H,1-3H3,(H,13,14,15). The normalized spacial score (nSPS) is 20.7. The van der Waals surface area contributed by atoms with Gasteiger partial charge in [0.15, 0.2) is 11.4 Å². The zero-order chi connectivity index (χ0) is 11.8. The average Bonchev–Trinajstić information content (AvgIpc) is 2.43. The number of amidine groups is 1. The molecule has 1 saturated heterocycles. The Bertz CT molecular complexity index is 447. The number of aliphatic imine (C=N–C) groups is 1. The number of rotatable bonds is 1. The molecule has 84 valence electrons. The third kappa shape index (κ3) is 2.05. The van der Waals surface area contributed by atoms with Crippen molar-refractivity contribution < 1.29 is 9.53 Å². The van der Waals surface area contributed by atoms with E-state index in [0.717, 1.165) is 5.69 Å². The van der Waals surface area contributed by atoms with Gasteiger partial charge in [0.1, 0.15) is 0 Å². The highest BCUT2D eigenvalue weighted by Crippen LogP contribution is 2.21. The number of ether oxygens (including phenoxy) is 1. The molecule has 1 aromatic rings.